The first kappa shape index (κ1) is 29.3. The van der Waals surface area contributed by atoms with Crippen LogP contribution in [-0.2, 0) is 29.1 Å². The van der Waals surface area contributed by atoms with Gasteiger partial charge >= 0.3 is 0 Å². The van der Waals surface area contributed by atoms with E-state index < -0.39 is 0 Å². The largest absolute Gasteiger partial charge is 0.322 e. The van der Waals surface area contributed by atoms with Gasteiger partial charge in [-0.15, -0.1) is 23.1 Å². The van der Waals surface area contributed by atoms with Gasteiger partial charge in [-0.05, 0) is 53.8 Å². The minimum absolute atomic E-state index is 0.126. The van der Waals surface area contributed by atoms with E-state index in [1.807, 2.05) is 67.6 Å². The predicted molar refractivity (Wildman–Crippen MR) is 172 cm³/mol. The molecular weight excluding hydrogens is 561 g/mol. The Labute approximate surface area is 255 Å². The maximum absolute atomic E-state index is 13.4. The number of nitriles is 1. The van der Waals surface area contributed by atoms with Crippen molar-refractivity contribution in [1.29, 1.82) is 5.26 Å². The normalized spacial score (nSPS) is 13.7. The number of carbonyl (C=O) groups excluding carboxylic acids is 2. The van der Waals surface area contributed by atoms with Crippen molar-refractivity contribution in [1.82, 2.24) is 4.90 Å². The summed E-state index contributed by atoms with van der Waals surface area (Å²) >= 11 is 2.97. The SMILES string of the molecule is CCC(Sc1cccc(NC(=O)/C=C/c2ccccc2)c1)C(=O)Nc1sc2c(c1C#N)CCN(Cc1ccccc1)C2. The van der Waals surface area contributed by atoms with Crippen LogP contribution in [0.4, 0.5) is 10.7 Å². The third kappa shape index (κ3) is 7.56. The van der Waals surface area contributed by atoms with Crippen molar-refractivity contribution in [3.63, 3.8) is 0 Å². The molecule has 0 saturated heterocycles. The topological polar surface area (TPSA) is 85.2 Å². The fraction of sp³-hybridized carbons (Fsp3) is 0.206. The maximum atomic E-state index is 13.4. The fourth-order valence-corrected chi connectivity index (χ4v) is 7.14. The first-order valence-electron chi connectivity index (χ1n) is 13.9. The van der Waals surface area contributed by atoms with E-state index in [0.717, 1.165) is 47.0 Å². The number of hydrogen-bond acceptors (Lipinski definition) is 6. The maximum Gasteiger partial charge on any atom is 0.248 e. The van der Waals surface area contributed by atoms with Gasteiger partial charge in [-0.1, -0.05) is 73.7 Å². The van der Waals surface area contributed by atoms with Crippen molar-refractivity contribution < 1.29 is 9.59 Å². The number of nitrogens with one attached hydrogen (secondary N) is 2. The van der Waals surface area contributed by atoms with E-state index in [1.165, 1.54) is 34.7 Å². The van der Waals surface area contributed by atoms with Crippen LogP contribution < -0.4 is 10.6 Å². The zero-order valence-electron chi connectivity index (χ0n) is 23.4. The minimum Gasteiger partial charge on any atom is -0.322 e. The molecule has 3 aromatic carbocycles. The average molecular weight is 593 g/mol. The van der Waals surface area contributed by atoms with Gasteiger partial charge in [-0.25, -0.2) is 0 Å². The van der Waals surface area contributed by atoms with Crippen LogP contribution in [0.2, 0.25) is 0 Å². The average Bonchev–Trinajstić information content (AvgIpc) is 3.36. The molecule has 1 aromatic heterocycles. The highest BCUT2D eigenvalue weighted by Gasteiger charge is 2.27. The molecule has 0 spiro atoms. The summed E-state index contributed by atoms with van der Waals surface area (Å²) in [4.78, 5) is 30.2. The van der Waals surface area contributed by atoms with Crippen LogP contribution in [0.1, 0.15) is 40.5 Å². The highest BCUT2D eigenvalue weighted by atomic mass is 32.2. The Kier molecular flexibility index (Phi) is 9.88. The molecule has 8 heteroatoms. The van der Waals surface area contributed by atoms with Crippen molar-refractivity contribution in [3.8, 4) is 6.07 Å². The zero-order valence-corrected chi connectivity index (χ0v) is 25.0. The second-order valence-electron chi connectivity index (χ2n) is 10.0. The highest BCUT2D eigenvalue weighted by Crippen LogP contribution is 2.38. The number of fused-ring (bicyclic) bond motifs is 1. The van der Waals surface area contributed by atoms with Crippen molar-refractivity contribution in [2.75, 3.05) is 17.2 Å². The van der Waals surface area contributed by atoms with E-state index in [-0.39, 0.29) is 17.1 Å². The lowest BCUT2D eigenvalue weighted by molar-refractivity contribution is -0.115. The Morgan fingerprint density at radius 1 is 1.05 bits per heavy atom. The number of thioether (sulfide) groups is 1. The molecule has 0 fully saturated rings. The second-order valence-corrected chi connectivity index (χ2v) is 12.4. The molecule has 2 N–H and O–H groups in total. The molecule has 42 heavy (non-hydrogen) atoms. The van der Waals surface area contributed by atoms with E-state index in [0.29, 0.717) is 22.7 Å². The standard InChI is InChI=1S/C34H32N4O2S2/c1-2-30(41-27-15-9-14-26(20-27)36-32(39)17-16-24-10-5-3-6-11-24)33(40)37-34-29(21-35)28-18-19-38(23-31(28)42-34)22-25-12-7-4-8-13-25/h3-17,20,30H,2,18-19,22-23H2,1H3,(H,36,39)(H,37,40)/b17-16+. The highest BCUT2D eigenvalue weighted by molar-refractivity contribution is 8.00. The van der Waals surface area contributed by atoms with E-state index >= 15 is 0 Å². The molecule has 1 aliphatic heterocycles. The molecule has 4 aromatic rings. The van der Waals surface area contributed by atoms with Crippen molar-refractivity contribution in [2.45, 2.75) is 43.0 Å². The molecule has 0 saturated carbocycles. The molecule has 2 heterocycles. The van der Waals surface area contributed by atoms with Gasteiger partial charge in [-0.3, -0.25) is 14.5 Å². The molecule has 0 bridgehead atoms. The van der Waals surface area contributed by atoms with Crippen LogP contribution in [0, 0.1) is 11.3 Å². The van der Waals surface area contributed by atoms with E-state index in [2.05, 4.69) is 45.9 Å². The van der Waals surface area contributed by atoms with Gasteiger partial charge in [0.15, 0.2) is 0 Å². The van der Waals surface area contributed by atoms with Crippen LogP contribution in [-0.4, -0.2) is 28.5 Å². The van der Waals surface area contributed by atoms with E-state index in [4.69, 9.17) is 0 Å². The van der Waals surface area contributed by atoms with Gasteiger partial charge in [0, 0.05) is 41.2 Å². The van der Waals surface area contributed by atoms with Crippen LogP contribution in [0.3, 0.4) is 0 Å². The summed E-state index contributed by atoms with van der Waals surface area (Å²) in [7, 11) is 0. The summed E-state index contributed by atoms with van der Waals surface area (Å²) in [6, 6.07) is 29.9. The molecule has 0 aliphatic carbocycles. The summed E-state index contributed by atoms with van der Waals surface area (Å²) < 4.78 is 0. The van der Waals surface area contributed by atoms with Crippen molar-refractivity contribution in [3.05, 3.63) is 118 Å². The number of hydrogen-bond donors (Lipinski definition) is 2. The first-order valence-corrected chi connectivity index (χ1v) is 15.6. The van der Waals surface area contributed by atoms with Crippen LogP contribution >= 0.6 is 23.1 Å². The lowest BCUT2D eigenvalue weighted by Crippen LogP contribution is -2.29. The molecular formula is C34H32N4O2S2. The lowest BCUT2D eigenvalue weighted by atomic mass is 10.0. The van der Waals surface area contributed by atoms with Gasteiger partial charge in [0.05, 0.1) is 10.8 Å². The summed E-state index contributed by atoms with van der Waals surface area (Å²) in [5.41, 5.74) is 4.53. The Balaban J connectivity index is 1.21. The molecule has 1 atom stereocenters. The number of carbonyl (C=O) groups is 2. The van der Waals surface area contributed by atoms with Gasteiger partial charge in [-0.2, -0.15) is 5.26 Å². The third-order valence-corrected chi connectivity index (χ3v) is 9.49. The van der Waals surface area contributed by atoms with Gasteiger partial charge < -0.3 is 10.6 Å². The van der Waals surface area contributed by atoms with Crippen molar-refractivity contribution >= 4 is 51.7 Å². The molecule has 1 unspecified atom stereocenters. The summed E-state index contributed by atoms with van der Waals surface area (Å²) in [6.45, 7) is 4.48. The van der Waals surface area contributed by atoms with Crippen molar-refractivity contribution in [2.24, 2.45) is 0 Å². The molecule has 212 valence electrons. The molecule has 6 nitrogen and oxygen atoms in total. The second kappa shape index (κ2) is 14.1. The Bertz CT molecular complexity index is 1610. The summed E-state index contributed by atoms with van der Waals surface area (Å²) in [6.07, 6.45) is 4.68. The van der Waals surface area contributed by atoms with E-state index in [9.17, 15) is 14.9 Å². The zero-order chi connectivity index (χ0) is 29.3. The van der Waals surface area contributed by atoms with E-state index in [1.54, 1.807) is 6.08 Å². The number of rotatable bonds is 10. The summed E-state index contributed by atoms with van der Waals surface area (Å²) in [5, 5.41) is 16.2. The molecule has 0 radical (unpaired) electrons. The smallest absolute Gasteiger partial charge is 0.248 e. The Morgan fingerprint density at radius 2 is 1.81 bits per heavy atom. The van der Waals surface area contributed by atoms with Crippen LogP contribution in [0.5, 0.6) is 0 Å². The Morgan fingerprint density at radius 3 is 2.55 bits per heavy atom. The van der Waals surface area contributed by atoms with Crippen LogP contribution in [0.15, 0.2) is 95.9 Å². The number of anilines is 2. The number of amides is 2. The number of nitrogens with zero attached hydrogens (tertiary/aromatic N) is 2. The van der Waals surface area contributed by atoms with Gasteiger partial charge in [0.2, 0.25) is 11.8 Å². The Hall–Kier alpha value is -4.16. The molecule has 2 amide bonds. The van der Waals surface area contributed by atoms with Gasteiger partial charge in [0.25, 0.3) is 0 Å². The lowest BCUT2D eigenvalue weighted by Gasteiger charge is -2.26. The summed E-state index contributed by atoms with van der Waals surface area (Å²) in [5.74, 6) is -0.349. The molecule has 5 rings (SSSR count). The third-order valence-electron chi connectivity index (χ3n) is 7.00. The minimum atomic E-state index is -0.353. The van der Waals surface area contributed by atoms with Crippen LogP contribution in [0.25, 0.3) is 6.08 Å². The number of thiophene rings is 1. The van der Waals surface area contributed by atoms with Gasteiger partial charge in [0.1, 0.15) is 11.1 Å². The molecule has 1 aliphatic rings. The predicted octanol–water partition coefficient (Wildman–Crippen LogP) is 7.34. The quantitative estimate of drug-likeness (QED) is 0.149. The first-order chi connectivity index (χ1) is 20.5. The monoisotopic (exact) mass is 592 g/mol. The fourth-order valence-electron chi connectivity index (χ4n) is 4.89. The number of benzene rings is 3.